The minimum absolute atomic E-state index is 0.0577. The maximum absolute atomic E-state index is 13.4. The van der Waals surface area contributed by atoms with Crippen LogP contribution in [0.4, 0.5) is 4.39 Å². The van der Waals surface area contributed by atoms with E-state index in [4.69, 9.17) is 9.47 Å². The largest absolute Gasteiger partial charge is 0.486 e. The molecule has 0 aromatic heterocycles. The molecular formula is C23H27FN2O4. The standard InChI is InChI=1S/C23H27FN2O4/c24-18-5-3-4-16(12-18)13-22(27)25-19(15-26-8-1-2-9-26)23(28)17-6-7-20-21(14-17)30-11-10-29-20/h3-7,12,14,19,23,28H,1-2,8-11,13,15H2,(H,25,27)/t19-,23-/m1/s1. The van der Waals surface area contributed by atoms with Crippen molar-refractivity contribution < 1.29 is 23.8 Å². The van der Waals surface area contributed by atoms with Gasteiger partial charge in [0.05, 0.1) is 12.5 Å². The Labute approximate surface area is 175 Å². The molecule has 0 saturated carbocycles. The highest BCUT2D eigenvalue weighted by Crippen LogP contribution is 2.33. The Bertz CT molecular complexity index is 885. The van der Waals surface area contributed by atoms with Crippen LogP contribution in [0.1, 0.15) is 30.1 Å². The molecule has 2 atom stereocenters. The van der Waals surface area contributed by atoms with Crippen molar-refractivity contribution in [2.45, 2.75) is 31.4 Å². The number of carbonyl (C=O) groups is 1. The van der Waals surface area contributed by atoms with Crippen molar-refractivity contribution in [2.24, 2.45) is 0 Å². The van der Waals surface area contributed by atoms with Crippen LogP contribution in [0.3, 0.4) is 0 Å². The number of nitrogens with one attached hydrogen (secondary N) is 1. The van der Waals surface area contributed by atoms with Crippen molar-refractivity contribution in [3.8, 4) is 11.5 Å². The van der Waals surface area contributed by atoms with Crippen molar-refractivity contribution in [1.82, 2.24) is 10.2 Å². The van der Waals surface area contributed by atoms with Crippen molar-refractivity contribution >= 4 is 5.91 Å². The summed E-state index contributed by atoms with van der Waals surface area (Å²) in [4.78, 5) is 14.9. The summed E-state index contributed by atoms with van der Waals surface area (Å²) in [6, 6.07) is 10.9. The van der Waals surface area contributed by atoms with Crippen LogP contribution in [0.2, 0.25) is 0 Å². The van der Waals surface area contributed by atoms with E-state index < -0.39 is 12.1 Å². The van der Waals surface area contributed by atoms with Gasteiger partial charge in [-0.2, -0.15) is 0 Å². The zero-order chi connectivity index (χ0) is 20.9. The van der Waals surface area contributed by atoms with Crippen LogP contribution >= 0.6 is 0 Å². The molecule has 1 fully saturated rings. The molecule has 4 rings (SSSR count). The smallest absolute Gasteiger partial charge is 0.224 e. The van der Waals surface area contributed by atoms with Crippen LogP contribution in [0, 0.1) is 5.82 Å². The predicted molar refractivity (Wildman–Crippen MR) is 110 cm³/mol. The van der Waals surface area contributed by atoms with E-state index in [2.05, 4.69) is 10.2 Å². The topological polar surface area (TPSA) is 71.0 Å². The lowest BCUT2D eigenvalue weighted by atomic mass is 10.0. The number of hydrogen-bond acceptors (Lipinski definition) is 5. The van der Waals surface area contributed by atoms with Crippen LogP contribution < -0.4 is 14.8 Å². The third-order valence-corrected chi connectivity index (χ3v) is 5.54. The van der Waals surface area contributed by atoms with Gasteiger partial charge in [0.2, 0.25) is 5.91 Å². The zero-order valence-electron chi connectivity index (χ0n) is 16.9. The molecule has 0 aliphatic carbocycles. The average molecular weight is 414 g/mol. The minimum atomic E-state index is -0.905. The number of fused-ring (bicyclic) bond motifs is 1. The van der Waals surface area contributed by atoms with Gasteiger partial charge in [0.25, 0.3) is 0 Å². The van der Waals surface area contributed by atoms with E-state index in [1.165, 1.54) is 12.1 Å². The van der Waals surface area contributed by atoms with Gasteiger partial charge >= 0.3 is 0 Å². The van der Waals surface area contributed by atoms with Gasteiger partial charge in [-0.05, 0) is 61.3 Å². The highest BCUT2D eigenvalue weighted by atomic mass is 19.1. The van der Waals surface area contributed by atoms with E-state index in [9.17, 15) is 14.3 Å². The molecular weight excluding hydrogens is 387 g/mol. The quantitative estimate of drug-likeness (QED) is 0.728. The second-order valence-electron chi connectivity index (χ2n) is 7.84. The fraction of sp³-hybridized carbons (Fsp3) is 0.435. The van der Waals surface area contributed by atoms with Crippen LogP contribution in [-0.4, -0.2) is 54.8 Å². The number of halogens is 1. The molecule has 0 bridgehead atoms. The maximum Gasteiger partial charge on any atom is 0.224 e. The molecule has 1 saturated heterocycles. The molecule has 1 amide bonds. The molecule has 30 heavy (non-hydrogen) atoms. The second kappa shape index (κ2) is 9.45. The monoisotopic (exact) mass is 414 g/mol. The fourth-order valence-electron chi connectivity index (χ4n) is 4.03. The summed E-state index contributed by atoms with van der Waals surface area (Å²) >= 11 is 0. The van der Waals surface area contributed by atoms with Gasteiger partial charge in [0.1, 0.15) is 25.1 Å². The van der Waals surface area contributed by atoms with Gasteiger partial charge in [-0.1, -0.05) is 18.2 Å². The summed E-state index contributed by atoms with van der Waals surface area (Å²) in [5, 5.41) is 14.1. The zero-order valence-corrected chi connectivity index (χ0v) is 16.9. The number of nitrogens with zero attached hydrogens (tertiary/aromatic N) is 1. The number of amides is 1. The number of likely N-dealkylation sites (tertiary alicyclic amines) is 1. The van der Waals surface area contributed by atoms with Gasteiger partial charge in [-0.25, -0.2) is 4.39 Å². The fourth-order valence-corrected chi connectivity index (χ4v) is 4.03. The Morgan fingerprint density at radius 3 is 2.63 bits per heavy atom. The number of hydrogen-bond donors (Lipinski definition) is 2. The predicted octanol–water partition coefficient (Wildman–Crippen LogP) is 2.45. The molecule has 2 aliphatic rings. The Hall–Kier alpha value is -2.64. The number of aliphatic hydroxyl groups excluding tert-OH is 1. The van der Waals surface area contributed by atoms with Gasteiger partial charge in [-0.15, -0.1) is 0 Å². The summed E-state index contributed by atoms with van der Waals surface area (Å²) in [6.07, 6.45) is 1.38. The Kier molecular flexibility index (Phi) is 6.50. The van der Waals surface area contributed by atoms with Gasteiger partial charge in [0.15, 0.2) is 11.5 Å². The minimum Gasteiger partial charge on any atom is -0.486 e. The summed E-state index contributed by atoms with van der Waals surface area (Å²) < 4.78 is 24.6. The summed E-state index contributed by atoms with van der Waals surface area (Å²) in [7, 11) is 0. The van der Waals surface area contributed by atoms with E-state index in [0.717, 1.165) is 25.9 Å². The molecule has 6 nitrogen and oxygen atoms in total. The first kappa shape index (κ1) is 20.6. The SMILES string of the molecule is O=C(Cc1cccc(F)c1)N[C@H](CN1CCCC1)[C@H](O)c1ccc2c(c1)OCCO2. The summed E-state index contributed by atoms with van der Waals surface area (Å²) in [5.74, 6) is 0.638. The third kappa shape index (κ3) is 5.09. The molecule has 0 radical (unpaired) electrons. The second-order valence-corrected chi connectivity index (χ2v) is 7.84. The number of aliphatic hydroxyl groups is 1. The Morgan fingerprint density at radius 1 is 1.10 bits per heavy atom. The molecule has 160 valence electrons. The average Bonchev–Trinajstić information content (AvgIpc) is 3.25. The van der Waals surface area contributed by atoms with E-state index in [0.29, 0.717) is 42.4 Å². The van der Waals surface area contributed by atoms with E-state index in [1.807, 2.05) is 0 Å². The third-order valence-electron chi connectivity index (χ3n) is 5.54. The highest BCUT2D eigenvalue weighted by molar-refractivity contribution is 5.79. The van der Waals surface area contributed by atoms with Crippen molar-refractivity contribution in [3.63, 3.8) is 0 Å². The van der Waals surface area contributed by atoms with Crippen molar-refractivity contribution in [3.05, 3.63) is 59.4 Å². The molecule has 2 aliphatic heterocycles. The number of rotatable bonds is 7. The molecule has 0 spiro atoms. The molecule has 0 unspecified atom stereocenters. The van der Waals surface area contributed by atoms with Crippen molar-refractivity contribution in [1.29, 1.82) is 0 Å². The molecule has 2 aromatic carbocycles. The summed E-state index contributed by atoms with van der Waals surface area (Å²) in [5.41, 5.74) is 1.26. The normalized spacial score (nSPS) is 18.1. The van der Waals surface area contributed by atoms with E-state index in [-0.39, 0.29) is 18.1 Å². The highest BCUT2D eigenvalue weighted by Gasteiger charge is 2.28. The molecule has 2 heterocycles. The van der Waals surface area contributed by atoms with Crippen LogP contribution in [0.25, 0.3) is 0 Å². The number of ether oxygens (including phenoxy) is 2. The number of benzene rings is 2. The lowest BCUT2D eigenvalue weighted by molar-refractivity contribution is -0.122. The molecule has 2 aromatic rings. The van der Waals surface area contributed by atoms with Gasteiger partial charge in [0, 0.05) is 6.54 Å². The van der Waals surface area contributed by atoms with Gasteiger partial charge in [-0.3, -0.25) is 4.79 Å². The van der Waals surface area contributed by atoms with Crippen LogP contribution in [0.15, 0.2) is 42.5 Å². The Morgan fingerprint density at radius 2 is 1.87 bits per heavy atom. The van der Waals surface area contributed by atoms with Crippen LogP contribution in [0.5, 0.6) is 11.5 Å². The van der Waals surface area contributed by atoms with E-state index in [1.54, 1.807) is 30.3 Å². The number of carbonyl (C=O) groups excluding carboxylic acids is 1. The van der Waals surface area contributed by atoms with Crippen molar-refractivity contribution in [2.75, 3.05) is 32.8 Å². The summed E-state index contributed by atoms with van der Waals surface area (Å²) in [6.45, 7) is 3.41. The lowest BCUT2D eigenvalue weighted by Crippen LogP contribution is -2.47. The Balaban J connectivity index is 1.49. The first-order valence-electron chi connectivity index (χ1n) is 10.4. The maximum atomic E-state index is 13.4. The first-order valence-corrected chi connectivity index (χ1v) is 10.4. The molecule has 2 N–H and O–H groups in total. The van der Waals surface area contributed by atoms with E-state index >= 15 is 0 Å². The van der Waals surface area contributed by atoms with Gasteiger partial charge < -0.3 is 24.8 Å². The van der Waals surface area contributed by atoms with Crippen LogP contribution in [-0.2, 0) is 11.2 Å². The first-order chi connectivity index (χ1) is 14.6. The lowest BCUT2D eigenvalue weighted by Gasteiger charge is -2.29. The molecule has 7 heteroatoms.